The Morgan fingerprint density at radius 2 is 1.95 bits per heavy atom. The molecule has 0 radical (unpaired) electrons. The number of halogens is 1. The highest BCUT2D eigenvalue weighted by Crippen LogP contribution is 2.32. The molecule has 1 amide bonds. The molecule has 1 saturated carbocycles. The van der Waals surface area contributed by atoms with Crippen molar-refractivity contribution in [2.24, 2.45) is 5.92 Å². The molecular formula is C16H23FN2O2. The average Bonchev–Trinajstić information content (AvgIpc) is 2.28. The predicted octanol–water partition coefficient (Wildman–Crippen LogP) is 4.38. The lowest BCUT2D eigenvalue weighted by molar-refractivity contribution is 0.0636. The highest BCUT2D eigenvalue weighted by atomic mass is 19.1. The van der Waals surface area contributed by atoms with Gasteiger partial charge in [0.15, 0.2) is 0 Å². The molecule has 0 bridgehead atoms. The number of rotatable bonds is 3. The van der Waals surface area contributed by atoms with Gasteiger partial charge in [-0.05, 0) is 57.7 Å². The summed E-state index contributed by atoms with van der Waals surface area (Å²) < 4.78 is 18.6. The molecule has 1 aliphatic carbocycles. The van der Waals surface area contributed by atoms with Crippen molar-refractivity contribution in [3.63, 3.8) is 0 Å². The Balaban J connectivity index is 2.06. The summed E-state index contributed by atoms with van der Waals surface area (Å²) in [5.41, 5.74) is 0.559. The SMILES string of the molecule is CC1CC(Nc2cc(F)ccc2NC(=O)OC(C)(C)C)C1. The normalized spacial score (nSPS) is 21.4. The van der Waals surface area contributed by atoms with Crippen molar-refractivity contribution < 1.29 is 13.9 Å². The van der Waals surface area contributed by atoms with Gasteiger partial charge in [0.05, 0.1) is 11.4 Å². The van der Waals surface area contributed by atoms with Crippen molar-refractivity contribution in [1.29, 1.82) is 0 Å². The maximum absolute atomic E-state index is 13.4. The van der Waals surface area contributed by atoms with Gasteiger partial charge in [0.2, 0.25) is 0 Å². The zero-order chi connectivity index (χ0) is 15.6. The number of amides is 1. The summed E-state index contributed by atoms with van der Waals surface area (Å²) in [5, 5.41) is 5.94. The Morgan fingerprint density at radius 1 is 1.29 bits per heavy atom. The van der Waals surface area contributed by atoms with Crippen LogP contribution in [0.1, 0.15) is 40.5 Å². The number of hydrogen-bond acceptors (Lipinski definition) is 3. The van der Waals surface area contributed by atoms with E-state index in [1.807, 2.05) is 0 Å². The third-order valence-corrected chi connectivity index (χ3v) is 3.35. The van der Waals surface area contributed by atoms with E-state index in [9.17, 15) is 9.18 Å². The highest BCUT2D eigenvalue weighted by molar-refractivity contribution is 5.89. The Bertz CT molecular complexity index is 519. The minimum atomic E-state index is -0.568. The molecule has 2 N–H and O–H groups in total. The molecule has 0 atom stereocenters. The molecule has 1 fully saturated rings. The monoisotopic (exact) mass is 294 g/mol. The van der Waals surface area contributed by atoms with Crippen molar-refractivity contribution >= 4 is 17.5 Å². The first-order valence-electron chi connectivity index (χ1n) is 7.29. The first-order chi connectivity index (χ1) is 9.73. The molecule has 1 aromatic rings. The quantitative estimate of drug-likeness (QED) is 0.869. The summed E-state index contributed by atoms with van der Waals surface area (Å²) in [4.78, 5) is 11.8. The average molecular weight is 294 g/mol. The summed E-state index contributed by atoms with van der Waals surface area (Å²) in [6, 6.07) is 4.60. The van der Waals surface area contributed by atoms with Crippen LogP contribution >= 0.6 is 0 Å². The standard InChI is InChI=1S/C16H23FN2O2/c1-10-7-12(8-10)18-14-9-11(17)5-6-13(14)19-15(20)21-16(2,3)4/h5-6,9-10,12,18H,7-8H2,1-4H3,(H,19,20). The number of carbonyl (C=O) groups excluding carboxylic acids is 1. The molecule has 0 saturated heterocycles. The lowest BCUT2D eigenvalue weighted by Gasteiger charge is -2.34. The second-order valence-electron chi connectivity index (χ2n) is 6.73. The van der Waals surface area contributed by atoms with Gasteiger partial charge >= 0.3 is 6.09 Å². The highest BCUT2D eigenvalue weighted by Gasteiger charge is 2.26. The molecule has 0 aliphatic heterocycles. The number of ether oxygens (including phenoxy) is 1. The van der Waals surface area contributed by atoms with E-state index in [0.717, 1.165) is 12.8 Å². The van der Waals surface area contributed by atoms with Gasteiger partial charge in [-0.15, -0.1) is 0 Å². The Hall–Kier alpha value is -1.78. The fourth-order valence-electron chi connectivity index (χ4n) is 2.40. The second kappa shape index (κ2) is 5.92. The van der Waals surface area contributed by atoms with E-state index in [-0.39, 0.29) is 5.82 Å². The number of carbonyl (C=O) groups is 1. The topological polar surface area (TPSA) is 50.4 Å². The van der Waals surface area contributed by atoms with Gasteiger partial charge in [0.1, 0.15) is 11.4 Å². The fraction of sp³-hybridized carbons (Fsp3) is 0.562. The Labute approximate surface area is 125 Å². The van der Waals surface area contributed by atoms with Crippen LogP contribution in [0.5, 0.6) is 0 Å². The summed E-state index contributed by atoms with van der Waals surface area (Å²) in [6.45, 7) is 7.58. The van der Waals surface area contributed by atoms with Gasteiger partial charge < -0.3 is 10.1 Å². The summed E-state index contributed by atoms with van der Waals surface area (Å²) in [6.07, 6.45) is 1.57. The van der Waals surface area contributed by atoms with Crippen molar-refractivity contribution in [3.05, 3.63) is 24.0 Å². The molecular weight excluding hydrogens is 271 g/mol. The van der Waals surface area contributed by atoms with E-state index in [1.165, 1.54) is 12.1 Å². The molecule has 1 aliphatic rings. The number of benzene rings is 1. The summed E-state index contributed by atoms with van der Waals surface area (Å²) in [5.74, 6) is 0.359. The lowest BCUT2D eigenvalue weighted by Crippen LogP contribution is -2.34. The van der Waals surface area contributed by atoms with E-state index in [2.05, 4.69) is 17.6 Å². The van der Waals surface area contributed by atoms with E-state index < -0.39 is 11.7 Å². The molecule has 1 aromatic carbocycles. The first-order valence-corrected chi connectivity index (χ1v) is 7.29. The first kappa shape index (κ1) is 15.6. The maximum Gasteiger partial charge on any atom is 0.412 e. The number of hydrogen-bond donors (Lipinski definition) is 2. The van der Waals surface area contributed by atoms with Crippen LogP contribution in [0, 0.1) is 11.7 Å². The van der Waals surface area contributed by atoms with Crippen molar-refractivity contribution in [3.8, 4) is 0 Å². The minimum absolute atomic E-state index is 0.334. The van der Waals surface area contributed by atoms with E-state index in [0.29, 0.717) is 23.3 Å². The molecule has 21 heavy (non-hydrogen) atoms. The molecule has 0 aromatic heterocycles. The van der Waals surface area contributed by atoms with Crippen LogP contribution in [0.2, 0.25) is 0 Å². The molecule has 0 heterocycles. The predicted molar refractivity (Wildman–Crippen MR) is 82.1 cm³/mol. The lowest BCUT2D eigenvalue weighted by atomic mass is 9.82. The summed E-state index contributed by atoms with van der Waals surface area (Å²) in [7, 11) is 0. The third-order valence-electron chi connectivity index (χ3n) is 3.35. The molecule has 2 rings (SSSR count). The smallest absolute Gasteiger partial charge is 0.412 e. The van der Waals surface area contributed by atoms with Gasteiger partial charge in [0, 0.05) is 6.04 Å². The molecule has 4 nitrogen and oxygen atoms in total. The number of anilines is 2. The van der Waals surface area contributed by atoms with E-state index in [1.54, 1.807) is 26.8 Å². The molecule has 0 spiro atoms. The van der Waals surface area contributed by atoms with Crippen LogP contribution in [0.4, 0.5) is 20.6 Å². The zero-order valence-electron chi connectivity index (χ0n) is 13.0. The molecule has 0 unspecified atom stereocenters. The van der Waals surface area contributed by atoms with E-state index in [4.69, 9.17) is 4.74 Å². The third kappa shape index (κ3) is 4.62. The van der Waals surface area contributed by atoms with Gasteiger partial charge in [0.25, 0.3) is 0 Å². The van der Waals surface area contributed by atoms with Crippen molar-refractivity contribution in [1.82, 2.24) is 0 Å². The van der Waals surface area contributed by atoms with Crippen molar-refractivity contribution in [2.75, 3.05) is 10.6 Å². The van der Waals surface area contributed by atoms with Gasteiger partial charge in [-0.3, -0.25) is 5.32 Å². The van der Waals surface area contributed by atoms with Crippen LogP contribution < -0.4 is 10.6 Å². The molecule has 116 valence electrons. The minimum Gasteiger partial charge on any atom is -0.444 e. The Kier molecular flexibility index (Phi) is 4.40. The van der Waals surface area contributed by atoms with Crippen molar-refractivity contribution in [2.45, 2.75) is 52.2 Å². The largest absolute Gasteiger partial charge is 0.444 e. The van der Waals surface area contributed by atoms with Gasteiger partial charge in [-0.25, -0.2) is 9.18 Å². The van der Waals surface area contributed by atoms with Crippen LogP contribution in [0.25, 0.3) is 0 Å². The van der Waals surface area contributed by atoms with Gasteiger partial charge in [-0.2, -0.15) is 0 Å². The zero-order valence-corrected chi connectivity index (χ0v) is 13.0. The maximum atomic E-state index is 13.4. The Morgan fingerprint density at radius 3 is 2.52 bits per heavy atom. The van der Waals surface area contributed by atoms with E-state index >= 15 is 0 Å². The van der Waals surface area contributed by atoms with Crippen LogP contribution in [0.15, 0.2) is 18.2 Å². The summed E-state index contributed by atoms with van der Waals surface area (Å²) >= 11 is 0. The molecule has 5 heteroatoms. The second-order valence-corrected chi connectivity index (χ2v) is 6.73. The number of nitrogens with one attached hydrogen (secondary N) is 2. The van der Waals surface area contributed by atoms with Crippen LogP contribution in [-0.2, 0) is 4.74 Å². The fourth-order valence-corrected chi connectivity index (χ4v) is 2.40. The van der Waals surface area contributed by atoms with Crippen LogP contribution in [0.3, 0.4) is 0 Å². The van der Waals surface area contributed by atoms with Gasteiger partial charge in [-0.1, -0.05) is 6.92 Å². The van der Waals surface area contributed by atoms with Crippen LogP contribution in [-0.4, -0.2) is 17.7 Å².